The third-order valence-corrected chi connectivity index (χ3v) is 5.24. The molecule has 0 aliphatic carbocycles. The molecule has 0 radical (unpaired) electrons. The maximum Gasteiger partial charge on any atom is 0.239 e. The number of piperidine rings is 1. The molecule has 6 heteroatoms. The zero-order chi connectivity index (χ0) is 17.3. The SMILES string of the molecule is Cc1ccc(CN2CCC(N3C[C@H](O)C[C@H]3C(=O)N(C)C)CC2)o1. The van der Waals surface area contributed by atoms with E-state index in [0.29, 0.717) is 19.0 Å². The van der Waals surface area contributed by atoms with Gasteiger partial charge in [0.05, 0.1) is 18.7 Å². The van der Waals surface area contributed by atoms with Crippen molar-refractivity contribution < 1.29 is 14.3 Å². The zero-order valence-electron chi connectivity index (χ0n) is 14.9. The summed E-state index contributed by atoms with van der Waals surface area (Å²) < 4.78 is 5.67. The van der Waals surface area contributed by atoms with Gasteiger partial charge < -0.3 is 14.4 Å². The Bertz CT molecular complexity index is 564. The van der Waals surface area contributed by atoms with Crippen molar-refractivity contribution in [3.05, 3.63) is 23.7 Å². The number of carbonyl (C=O) groups is 1. The molecule has 1 aromatic heterocycles. The fourth-order valence-corrected chi connectivity index (χ4v) is 3.98. The highest BCUT2D eigenvalue weighted by molar-refractivity contribution is 5.81. The second kappa shape index (κ2) is 7.25. The lowest BCUT2D eigenvalue weighted by Gasteiger charge is -2.39. The Balaban J connectivity index is 1.56. The average molecular weight is 335 g/mol. The van der Waals surface area contributed by atoms with Crippen molar-refractivity contribution in [3.8, 4) is 0 Å². The predicted octanol–water partition coefficient (Wildman–Crippen LogP) is 1.08. The van der Waals surface area contributed by atoms with Crippen LogP contribution in [-0.2, 0) is 11.3 Å². The molecule has 2 aliphatic heterocycles. The third kappa shape index (κ3) is 3.82. The molecule has 2 aliphatic rings. The van der Waals surface area contributed by atoms with Crippen LogP contribution in [0.25, 0.3) is 0 Å². The summed E-state index contributed by atoms with van der Waals surface area (Å²) in [5, 5.41) is 10.0. The molecule has 0 spiro atoms. The standard InChI is InChI=1S/C18H29N3O3/c1-13-4-5-16(24-13)12-20-8-6-14(7-9-20)21-11-15(22)10-17(21)18(23)19(2)3/h4-5,14-15,17,22H,6-12H2,1-3H3/t15-,17+/m1/s1. The smallest absolute Gasteiger partial charge is 0.239 e. The van der Waals surface area contributed by atoms with Gasteiger partial charge >= 0.3 is 0 Å². The molecular weight excluding hydrogens is 306 g/mol. The summed E-state index contributed by atoms with van der Waals surface area (Å²) in [6.07, 6.45) is 2.24. The van der Waals surface area contributed by atoms with E-state index >= 15 is 0 Å². The lowest BCUT2D eigenvalue weighted by atomic mass is 10.0. The number of aliphatic hydroxyl groups excluding tert-OH is 1. The van der Waals surface area contributed by atoms with Crippen LogP contribution in [0.3, 0.4) is 0 Å². The molecule has 3 rings (SSSR count). The van der Waals surface area contributed by atoms with Crippen molar-refractivity contribution >= 4 is 5.91 Å². The quantitative estimate of drug-likeness (QED) is 0.892. The predicted molar refractivity (Wildman–Crippen MR) is 91.6 cm³/mol. The summed E-state index contributed by atoms with van der Waals surface area (Å²) in [6, 6.07) is 4.26. The molecule has 1 aromatic rings. The second-order valence-electron chi connectivity index (χ2n) is 7.35. The second-order valence-corrected chi connectivity index (χ2v) is 7.35. The number of aryl methyl sites for hydroxylation is 1. The van der Waals surface area contributed by atoms with Crippen LogP contribution < -0.4 is 0 Å². The molecule has 24 heavy (non-hydrogen) atoms. The minimum absolute atomic E-state index is 0.111. The average Bonchev–Trinajstić information content (AvgIpc) is 3.13. The van der Waals surface area contributed by atoms with Crippen LogP contribution in [0.4, 0.5) is 0 Å². The van der Waals surface area contributed by atoms with Crippen molar-refractivity contribution in [1.82, 2.24) is 14.7 Å². The fourth-order valence-electron chi connectivity index (χ4n) is 3.98. The summed E-state index contributed by atoms with van der Waals surface area (Å²) >= 11 is 0. The Kier molecular flexibility index (Phi) is 5.27. The number of hydrogen-bond acceptors (Lipinski definition) is 5. The molecule has 2 saturated heterocycles. The van der Waals surface area contributed by atoms with Crippen LogP contribution in [0, 0.1) is 6.92 Å². The van der Waals surface area contributed by atoms with E-state index in [4.69, 9.17) is 4.42 Å². The molecule has 1 N–H and O–H groups in total. The molecule has 3 heterocycles. The van der Waals surface area contributed by atoms with Gasteiger partial charge in [-0.3, -0.25) is 14.6 Å². The van der Waals surface area contributed by atoms with Crippen molar-refractivity contribution in [2.24, 2.45) is 0 Å². The molecule has 0 saturated carbocycles. The van der Waals surface area contributed by atoms with E-state index in [1.807, 2.05) is 19.1 Å². The van der Waals surface area contributed by atoms with Gasteiger partial charge in [0.2, 0.25) is 5.91 Å². The number of furan rings is 1. The molecule has 1 amide bonds. The molecule has 134 valence electrons. The van der Waals surface area contributed by atoms with Crippen molar-refractivity contribution in [1.29, 1.82) is 0 Å². The normalized spacial score (nSPS) is 26.8. The van der Waals surface area contributed by atoms with E-state index in [1.54, 1.807) is 19.0 Å². The lowest BCUT2D eigenvalue weighted by Crippen LogP contribution is -2.51. The first kappa shape index (κ1) is 17.5. The van der Waals surface area contributed by atoms with Gasteiger partial charge in [0.1, 0.15) is 11.5 Å². The molecule has 2 fully saturated rings. The number of hydrogen-bond donors (Lipinski definition) is 1. The Morgan fingerprint density at radius 2 is 2.04 bits per heavy atom. The number of rotatable bonds is 4. The van der Waals surface area contributed by atoms with Gasteiger partial charge in [-0.1, -0.05) is 0 Å². The van der Waals surface area contributed by atoms with Crippen LogP contribution in [0.15, 0.2) is 16.5 Å². The van der Waals surface area contributed by atoms with Gasteiger partial charge in [0.25, 0.3) is 0 Å². The van der Waals surface area contributed by atoms with Crippen LogP contribution in [0.1, 0.15) is 30.8 Å². The van der Waals surface area contributed by atoms with Crippen molar-refractivity contribution in [2.75, 3.05) is 33.7 Å². The third-order valence-electron chi connectivity index (χ3n) is 5.24. The van der Waals surface area contributed by atoms with Gasteiger partial charge in [-0.05, 0) is 38.3 Å². The number of nitrogens with zero attached hydrogens (tertiary/aromatic N) is 3. The lowest BCUT2D eigenvalue weighted by molar-refractivity contribution is -0.134. The van der Waals surface area contributed by atoms with E-state index in [9.17, 15) is 9.90 Å². The number of aliphatic hydroxyl groups is 1. The Hall–Kier alpha value is -1.37. The Labute approximate surface area is 144 Å². The first-order valence-corrected chi connectivity index (χ1v) is 8.86. The monoisotopic (exact) mass is 335 g/mol. The van der Waals surface area contributed by atoms with E-state index in [0.717, 1.165) is 44.0 Å². The first-order valence-electron chi connectivity index (χ1n) is 8.86. The highest BCUT2D eigenvalue weighted by atomic mass is 16.3. The summed E-state index contributed by atoms with van der Waals surface area (Å²) in [7, 11) is 3.58. The largest absolute Gasteiger partial charge is 0.465 e. The van der Waals surface area contributed by atoms with Gasteiger partial charge in [0.15, 0.2) is 0 Å². The molecule has 2 atom stereocenters. The number of β-amino-alcohol motifs (C(OH)–C–C–N with tert-alkyl or cyclic N) is 1. The molecule has 0 unspecified atom stereocenters. The number of carbonyl (C=O) groups excluding carboxylic acids is 1. The van der Waals surface area contributed by atoms with Gasteiger partial charge in [-0.25, -0.2) is 0 Å². The first-order chi connectivity index (χ1) is 11.4. The zero-order valence-corrected chi connectivity index (χ0v) is 14.9. The fraction of sp³-hybridized carbons (Fsp3) is 0.722. The van der Waals surface area contributed by atoms with Crippen molar-refractivity contribution in [3.63, 3.8) is 0 Å². The maximum absolute atomic E-state index is 12.4. The Morgan fingerprint density at radius 1 is 1.33 bits per heavy atom. The summed E-state index contributed by atoms with van der Waals surface area (Å²) in [4.78, 5) is 18.7. The van der Waals surface area contributed by atoms with Crippen LogP contribution in [0.5, 0.6) is 0 Å². The maximum atomic E-state index is 12.4. The Morgan fingerprint density at radius 3 is 2.62 bits per heavy atom. The molecule has 0 bridgehead atoms. The highest BCUT2D eigenvalue weighted by Gasteiger charge is 2.41. The number of likely N-dealkylation sites (N-methyl/N-ethyl adjacent to an activating group) is 1. The van der Waals surface area contributed by atoms with Gasteiger partial charge in [-0.2, -0.15) is 0 Å². The molecular formula is C18H29N3O3. The number of likely N-dealkylation sites (tertiary alicyclic amines) is 2. The van der Waals surface area contributed by atoms with E-state index in [-0.39, 0.29) is 18.1 Å². The van der Waals surface area contributed by atoms with Gasteiger partial charge in [-0.15, -0.1) is 0 Å². The summed E-state index contributed by atoms with van der Waals surface area (Å²) in [6.45, 7) is 5.44. The minimum atomic E-state index is -0.386. The van der Waals surface area contributed by atoms with Crippen LogP contribution in [0.2, 0.25) is 0 Å². The summed E-state index contributed by atoms with van der Waals surface area (Å²) in [5.74, 6) is 2.08. The van der Waals surface area contributed by atoms with Crippen LogP contribution in [-0.4, -0.2) is 77.6 Å². The van der Waals surface area contributed by atoms with E-state index in [1.165, 1.54) is 0 Å². The molecule has 0 aromatic carbocycles. The van der Waals surface area contributed by atoms with Gasteiger partial charge in [0, 0.05) is 39.8 Å². The topological polar surface area (TPSA) is 60.2 Å². The number of amides is 1. The van der Waals surface area contributed by atoms with Crippen molar-refractivity contribution in [2.45, 2.75) is 50.9 Å². The highest BCUT2D eigenvalue weighted by Crippen LogP contribution is 2.27. The van der Waals surface area contributed by atoms with E-state index in [2.05, 4.69) is 9.80 Å². The summed E-state index contributed by atoms with van der Waals surface area (Å²) in [5.41, 5.74) is 0. The minimum Gasteiger partial charge on any atom is -0.465 e. The molecule has 6 nitrogen and oxygen atoms in total. The van der Waals surface area contributed by atoms with E-state index < -0.39 is 0 Å². The van der Waals surface area contributed by atoms with Crippen LogP contribution >= 0.6 is 0 Å².